The minimum atomic E-state index is -0.455. The van der Waals surface area contributed by atoms with E-state index in [9.17, 15) is 4.39 Å². The second-order valence-corrected chi connectivity index (χ2v) is 3.20. The second-order valence-electron chi connectivity index (χ2n) is 3.20. The van der Waals surface area contributed by atoms with Crippen LogP contribution in [0.15, 0.2) is 42.6 Å². The van der Waals surface area contributed by atoms with E-state index in [4.69, 9.17) is 0 Å². The number of nitrogens with zero attached hydrogens (tertiary/aromatic N) is 1. The Labute approximate surface area is 87.8 Å². The van der Waals surface area contributed by atoms with Crippen LogP contribution in [0, 0.1) is 5.95 Å². The Bertz CT molecular complexity index is 451. The van der Waals surface area contributed by atoms with Crippen LogP contribution in [0.2, 0.25) is 0 Å². The van der Waals surface area contributed by atoms with Gasteiger partial charge in [0.25, 0.3) is 0 Å². The van der Waals surface area contributed by atoms with E-state index in [1.165, 1.54) is 12.3 Å². The zero-order valence-corrected chi connectivity index (χ0v) is 8.37. The van der Waals surface area contributed by atoms with Crippen molar-refractivity contribution in [2.24, 2.45) is 0 Å². The van der Waals surface area contributed by atoms with Gasteiger partial charge in [0, 0.05) is 24.5 Å². The van der Waals surface area contributed by atoms with Crippen molar-refractivity contribution in [1.82, 2.24) is 4.98 Å². The first-order valence-corrected chi connectivity index (χ1v) is 4.69. The average Bonchev–Trinajstić information content (AvgIpc) is 2.30. The third-order valence-corrected chi connectivity index (χ3v) is 2.21. The van der Waals surface area contributed by atoms with Crippen LogP contribution >= 0.6 is 0 Å². The maximum absolute atomic E-state index is 12.6. The number of rotatable bonds is 2. The molecule has 76 valence electrons. The summed E-state index contributed by atoms with van der Waals surface area (Å²) in [7, 11) is 1.86. The summed E-state index contributed by atoms with van der Waals surface area (Å²) in [6.07, 6.45) is 1.53. The molecule has 1 heterocycles. The lowest BCUT2D eigenvalue weighted by Crippen LogP contribution is -1.88. The number of halogens is 1. The van der Waals surface area contributed by atoms with Crippen LogP contribution in [0.1, 0.15) is 0 Å². The maximum atomic E-state index is 12.6. The molecule has 3 heteroatoms. The maximum Gasteiger partial charge on any atom is 0.212 e. The number of aromatic nitrogens is 1. The number of nitrogens with one attached hydrogen (secondary N) is 1. The molecule has 0 saturated heterocycles. The van der Waals surface area contributed by atoms with E-state index in [0.717, 1.165) is 16.8 Å². The van der Waals surface area contributed by atoms with Gasteiger partial charge < -0.3 is 5.32 Å². The highest BCUT2D eigenvalue weighted by molar-refractivity contribution is 5.67. The lowest BCUT2D eigenvalue weighted by Gasteiger charge is -2.04. The quantitative estimate of drug-likeness (QED) is 0.757. The number of pyridine rings is 1. The molecular formula is C12H11FN2. The van der Waals surface area contributed by atoms with Gasteiger partial charge in [0.05, 0.1) is 0 Å². The molecule has 0 radical (unpaired) electrons. The fourth-order valence-electron chi connectivity index (χ4n) is 1.40. The molecule has 1 aromatic carbocycles. The Morgan fingerprint density at radius 3 is 2.67 bits per heavy atom. The highest BCUT2D eigenvalue weighted by Crippen LogP contribution is 2.21. The van der Waals surface area contributed by atoms with Crippen molar-refractivity contribution in [1.29, 1.82) is 0 Å². The first-order chi connectivity index (χ1) is 7.29. The SMILES string of the molecule is CNc1cccc(-c2ccc(F)nc2)c1. The molecule has 15 heavy (non-hydrogen) atoms. The molecule has 2 nitrogen and oxygen atoms in total. The molecule has 0 aliphatic carbocycles. The van der Waals surface area contributed by atoms with Gasteiger partial charge in [0.2, 0.25) is 5.95 Å². The van der Waals surface area contributed by atoms with Crippen molar-refractivity contribution in [2.45, 2.75) is 0 Å². The molecule has 0 aliphatic rings. The highest BCUT2D eigenvalue weighted by atomic mass is 19.1. The van der Waals surface area contributed by atoms with Crippen molar-refractivity contribution in [3.8, 4) is 11.1 Å². The molecule has 0 unspecified atom stereocenters. The predicted octanol–water partition coefficient (Wildman–Crippen LogP) is 2.93. The molecule has 0 fully saturated rings. The van der Waals surface area contributed by atoms with Crippen LogP contribution in [-0.2, 0) is 0 Å². The van der Waals surface area contributed by atoms with Gasteiger partial charge >= 0.3 is 0 Å². The summed E-state index contributed by atoms with van der Waals surface area (Å²) in [6, 6.07) is 11.0. The fourth-order valence-corrected chi connectivity index (χ4v) is 1.40. The van der Waals surface area contributed by atoms with Gasteiger partial charge in [-0.25, -0.2) is 4.98 Å². The standard InChI is InChI=1S/C12H11FN2/c1-14-11-4-2-3-9(7-11)10-5-6-12(13)15-8-10/h2-8,14H,1H3. The first kappa shape index (κ1) is 9.65. The van der Waals surface area contributed by atoms with Gasteiger partial charge in [-0.1, -0.05) is 12.1 Å². The lowest BCUT2D eigenvalue weighted by molar-refractivity contribution is 0.584. The van der Waals surface area contributed by atoms with E-state index in [1.807, 2.05) is 31.3 Å². The summed E-state index contributed by atoms with van der Waals surface area (Å²) in [5.41, 5.74) is 2.96. The van der Waals surface area contributed by atoms with Gasteiger partial charge in [-0.3, -0.25) is 0 Å². The third kappa shape index (κ3) is 2.13. The molecule has 0 saturated carbocycles. The van der Waals surface area contributed by atoms with Gasteiger partial charge in [-0.05, 0) is 29.8 Å². The summed E-state index contributed by atoms with van der Waals surface area (Å²) < 4.78 is 12.6. The molecule has 0 spiro atoms. The predicted molar refractivity (Wildman–Crippen MR) is 59.2 cm³/mol. The summed E-state index contributed by atoms with van der Waals surface area (Å²) >= 11 is 0. The number of hydrogen-bond acceptors (Lipinski definition) is 2. The average molecular weight is 202 g/mol. The molecule has 0 bridgehead atoms. The first-order valence-electron chi connectivity index (χ1n) is 4.69. The van der Waals surface area contributed by atoms with Crippen molar-refractivity contribution in [3.05, 3.63) is 48.5 Å². The Balaban J connectivity index is 2.40. The second kappa shape index (κ2) is 4.09. The Morgan fingerprint density at radius 2 is 2.00 bits per heavy atom. The van der Waals surface area contributed by atoms with Crippen LogP contribution in [-0.4, -0.2) is 12.0 Å². The molecule has 1 aromatic heterocycles. The van der Waals surface area contributed by atoms with Crippen molar-refractivity contribution >= 4 is 5.69 Å². The molecule has 2 rings (SSSR count). The molecule has 0 aliphatic heterocycles. The summed E-state index contributed by atoms with van der Waals surface area (Å²) in [6.45, 7) is 0. The van der Waals surface area contributed by atoms with Gasteiger partial charge in [0.1, 0.15) is 0 Å². The highest BCUT2D eigenvalue weighted by Gasteiger charge is 1.99. The van der Waals surface area contributed by atoms with E-state index in [2.05, 4.69) is 10.3 Å². The minimum Gasteiger partial charge on any atom is -0.388 e. The zero-order chi connectivity index (χ0) is 10.7. The van der Waals surface area contributed by atoms with Crippen molar-refractivity contribution in [2.75, 3.05) is 12.4 Å². The van der Waals surface area contributed by atoms with E-state index < -0.39 is 5.95 Å². The van der Waals surface area contributed by atoms with Crippen LogP contribution in [0.4, 0.5) is 10.1 Å². The fraction of sp³-hybridized carbons (Fsp3) is 0.0833. The topological polar surface area (TPSA) is 24.9 Å². The summed E-state index contributed by atoms with van der Waals surface area (Å²) in [5.74, 6) is -0.455. The zero-order valence-electron chi connectivity index (χ0n) is 8.37. The molecule has 1 N–H and O–H groups in total. The van der Waals surface area contributed by atoms with Crippen LogP contribution < -0.4 is 5.32 Å². The van der Waals surface area contributed by atoms with Gasteiger partial charge in [0.15, 0.2) is 0 Å². The normalized spacial score (nSPS) is 10.0. The van der Waals surface area contributed by atoms with Gasteiger partial charge in [-0.2, -0.15) is 4.39 Å². The molecule has 2 aromatic rings. The smallest absolute Gasteiger partial charge is 0.212 e. The van der Waals surface area contributed by atoms with Gasteiger partial charge in [-0.15, -0.1) is 0 Å². The number of anilines is 1. The van der Waals surface area contributed by atoms with Crippen LogP contribution in [0.5, 0.6) is 0 Å². The summed E-state index contributed by atoms with van der Waals surface area (Å²) in [5, 5.41) is 3.05. The number of hydrogen-bond donors (Lipinski definition) is 1. The van der Waals surface area contributed by atoms with E-state index >= 15 is 0 Å². The summed E-state index contributed by atoms with van der Waals surface area (Å²) in [4.78, 5) is 3.62. The lowest BCUT2D eigenvalue weighted by atomic mass is 10.1. The van der Waals surface area contributed by atoms with E-state index in [0.29, 0.717) is 0 Å². The monoisotopic (exact) mass is 202 g/mol. The number of benzene rings is 1. The largest absolute Gasteiger partial charge is 0.388 e. The Morgan fingerprint density at radius 1 is 1.13 bits per heavy atom. The van der Waals surface area contributed by atoms with E-state index in [-0.39, 0.29) is 0 Å². The van der Waals surface area contributed by atoms with Crippen LogP contribution in [0.3, 0.4) is 0 Å². The molecule has 0 amide bonds. The van der Waals surface area contributed by atoms with Crippen LogP contribution in [0.25, 0.3) is 11.1 Å². The molecule has 0 atom stereocenters. The van der Waals surface area contributed by atoms with Crippen molar-refractivity contribution in [3.63, 3.8) is 0 Å². The van der Waals surface area contributed by atoms with E-state index in [1.54, 1.807) is 6.07 Å². The molecular weight excluding hydrogens is 191 g/mol. The minimum absolute atomic E-state index is 0.455. The van der Waals surface area contributed by atoms with Crippen molar-refractivity contribution < 1.29 is 4.39 Å². The Hall–Kier alpha value is -1.90. The third-order valence-electron chi connectivity index (χ3n) is 2.21. The Kier molecular flexibility index (Phi) is 2.63.